The van der Waals surface area contributed by atoms with Gasteiger partial charge in [0, 0.05) is 12.3 Å². The summed E-state index contributed by atoms with van der Waals surface area (Å²) in [5.74, 6) is -1.62. The molecule has 29 heavy (non-hydrogen) atoms. The minimum absolute atomic E-state index is 0.153. The molecule has 4 rings (SSSR count). The molecule has 0 aliphatic carbocycles. The molecule has 4 aromatic rings. The Kier molecular flexibility index (Phi) is 5.40. The number of hydrogen-bond donors (Lipinski definition) is 2. The highest BCUT2D eigenvalue weighted by atomic mass is 32.2. The predicted molar refractivity (Wildman–Crippen MR) is 101 cm³/mol. The molecule has 0 spiro atoms. The van der Waals surface area contributed by atoms with Gasteiger partial charge >= 0.3 is 6.01 Å². The Labute approximate surface area is 165 Å². The average Bonchev–Trinajstić information content (AvgIpc) is 3.11. The molecule has 148 valence electrons. The van der Waals surface area contributed by atoms with Crippen LogP contribution < -0.4 is 9.46 Å². The van der Waals surface area contributed by atoms with E-state index in [1.54, 1.807) is 0 Å². The number of aromatic nitrogens is 4. The zero-order chi connectivity index (χ0) is 20.2. The van der Waals surface area contributed by atoms with Crippen molar-refractivity contribution in [2.45, 2.75) is 6.61 Å². The van der Waals surface area contributed by atoms with E-state index in [0.717, 1.165) is 17.7 Å². The summed E-state index contributed by atoms with van der Waals surface area (Å²) in [6.45, 7) is 0.153. The molecule has 0 saturated heterocycles. The van der Waals surface area contributed by atoms with Crippen LogP contribution in [0.4, 0.5) is 14.6 Å². The molecule has 1 atom stereocenters. The molecule has 11 heteroatoms. The van der Waals surface area contributed by atoms with E-state index in [4.69, 9.17) is 8.92 Å². The van der Waals surface area contributed by atoms with Gasteiger partial charge in [-0.15, -0.1) is 0 Å². The maximum Gasteiger partial charge on any atom is 0.324 e. The van der Waals surface area contributed by atoms with Crippen molar-refractivity contribution in [3.05, 3.63) is 71.9 Å². The van der Waals surface area contributed by atoms with Crippen LogP contribution in [-0.4, -0.2) is 24.4 Å². The van der Waals surface area contributed by atoms with Gasteiger partial charge in [0.1, 0.15) is 5.82 Å². The minimum atomic E-state index is -1.85. The smallest absolute Gasteiger partial charge is 0.324 e. The monoisotopic (exact) mass is 417 g/mol. The number of fused-ring (bicyclic) bond motifs is 1. The minimum Gasteiger partial charge on any atom is -0.421 e. The summed E-state index contributed by atoms with van der Waals surface area (Å²) in [7, 11) is 0. The molecule has 1 unspecified atom stereocenters. The lowest BCUT2D eigenvalue weighted by molar-refractivity contribution is 0.340. The normalized spacial score (nSPS) is 12.1. The lowest BCUT2D eigenvalue weighted by Gasteiger charge is -2.05. The predicted octanol–water partition coefficient (Wildman–Crippen LogP) is 3.63. The van der Waals surface area contributed by atoms with Crippen LogP contribution >= 0.6 is 0 Å². The van der Waals surface area contributed by atoms with Gasteiger partial charge in [-0.1, -0.05) is 30.3 Å². The van der Waals surface area contributed by atoms with E-state index in [2.05, 4.69) is 24.9 Å². The van der Waals surface area contributed by atoms with Gasteiger partial charge in [0.2, 0.25) is 0 Å². The Morgan fingerprint density at radius 3 is 2.76 bits per heavy atom. The van der Waals surface area contributed by atoms with Crippen LogP contribution in [0.15, 0.2) is 54.7 Å². The van der Waals surface area contributed by atoms with Crippen LogP contribution in [0.5, 0.6) is 11.8 Å². The summed E-state index contributed by atoms with van der Waals surface area (Å²) >= 11 is -1.85. The number of hydrogen-bond acceptors (Lipinski definition) is 6. The highest BCUT2D eigenvalue weighted by molar-refractivity contribution is 7.81. The van der Waals surface area contributed by atoms with Crippen molar-refractivity contribution in [3.8, 4) is 11.8 Å². The molecule has 2 heterocycles. The molecular formula is C18H13F2N5O3S. The van der Waals surface area contributed by atoms with Gasteiger partial charge in [0.25, 0.3) is 11.3 Å². The van der Waals surface area contributed by atoms with Crippen molar-refractivity contribution in [3.63, 3.8) is 0 Å². The number of nitrogens with zero attached hydrogens (tertiary/aromatic N) is 3. The molecule has 2 N–H and O–H groups in total. The Hall–Kier alpha value is -3.44. The Morgan fingerprint density at radius 2 is 1.97 bits per heavy atom. The first kappa shape index (κ1) is 18.9. The third kappa shape index (κ3) is 4.52. The Balaban J connectivity index is 1.44. The number of nitrogens with one attached hydrogen (secondary N) is 2. The quantitative estimate of drug-likeness (QED) is 0.476. The molecule has 0 fully saturated rings. The topological polar surface area (TPSA) is 102 Å². The first-order chi connectivity index (χ1) is 14.1. The standard InChI is InChI=1S/C18H13F2N5O3S/c19-12-6-7-15(14(20)8-12)28-18-21-9-13-16(22-18)23-24-17(13)25-29(26)27-10-11-4-2-1-3-5-11/h1-9H,10H2,(H2,21,22,23,24,25). The van der Waals surface area contributed by atoms with E-state index >= 15 is 0 Å². The van der Waals surface area contributed by atoms with Gasteiger partial charge in [-0.25, -0.2) is 18.0 Å². The number of rotatable bonds is 7. The molecule has 2 aromatic carbocycles. The highest BCUT2D eigenvalue weighted by Gasteiger charge is 2.14. The lowest BCUT2D eigenvalue weighted by Crippen LogP contribution is -2.08. The van der Waals surface area contributed by atoms with Gasteiger partial charge in [-0.05, 0) is 17.7 Å². The number of aromatic amines is 1. The average molecular weight is 417 g/mol. The summed E-state index contributed by atoms with van der Waals surface area (Å²) in [5.41, 5.74) is 1.13. The summed E-state index contributed by atoms with van der Waals surface area (Å²) < 4.78 is 51.8. The molecule has 0 radical (unpaired) electrons. The summed E-state index contributed by atoms with van der Waals surface area (Å²) in [4.78, 5) is 8.03. The fourth-order valence-corrected chi connectivity index (χ4v) is 3.00. The van der Waals surface area contributed by atoms with E-state index in [0.29, 0.717) is 11.5 Å². The van der Waals surface area contributed by atoms with Gasteiger partial charge in [0.05, 0.1) is 12.0 Å². The zero-order valence-electron chi connectivity index (χ0n) is 14.6. The second-order valence-corrected chi connectivity index (χ2v) is 6.66. The van der Waals surface area contributed by atoms with Crippen molar-refractivity contribution >= 4 is 28.1 Å². The van der Waals surface area contributed by atoms with Crippen LogP contribution in [0.3, 0.4) is 0 Å². The van der Waals surface area contributed by atoms with Gasteiger partial charge < -0.3 is 4.74 Å². The largest absolute Gasteiger partial charge is 0.421 e. The maximum absolute atomic E-state index is 13.7. The number of benzene rings is 2. The van der Waals surface area contributed by atoms with Gasteiger partial charge in [-0.3, -0.25) is 14.0 Å². The van der Waals surface area contributed by atoms with Crippen molar-refractivity contribution in [1.82, 2.24) is 20.2 Å². The van der Waals surface area contributed by atoms with Crippen molar-refractivity contribution in [2.75, 3.05) is 4.72 Å². The summed E-state index contributed by atoms with van der Waals surface area (Å²) in [6, 6.07) is 12.0. The first-order valence-corrected chi connectivity index (χ1v) is 9.35. The van der Waals surface area contributed by atoms with Crippen molar-refractivity contribution in [1.29, 1.82) is 0 Å². The van der Waals surface area contributed by atoms with Crippen molar-refractivity contribution < 1.29 is 21.9 Å². The second kappa shape index (κ2) is 8.29. The van der Waals surface area contributed by atoms with E-state index in [1.165, 1.54) is 6.20 Å². The fourth-order valence-electron chi connectivity index (χ4n) is 2.38. The van der Waals surface area contributed by atoms with E-state index in [-0.39, 0.29) is 29.8 Å². The molecule has 0 amide bonds. The van der Waals surface area contributed by atoms with E-state index in [1.807, 2.05) is 30.3 Å². The fraction of sp³-hybridized carbons (Fsp3) is 0.0556. The summed E-state index contributed by atoms with van der Waals surface area (Å²) in [5, 5.41) is 7.03. The highest BCUT2D eigenvalue weighted by Crippen LogP contribution is 2.25. The molecule has 0 bridgehead atoms. The number of H-pyrrole nitrogens is 1. The van der Waals surface area contributed by atoms with Gasteiger partial charge in [0.15, 0.2) is 23.0 Å². The van der Waals surface area contributed by atoms with Crippen LogP contribution in [0.2, 0.25) is 0 Å². The van der Waals surface area contributed by atoms with Crippen LogP contribution in [0, 0.1) is 11.6 Å². The molecule has 0 aliphatic rings. The van der Waals surface area contributed by atoms with Gasteiger partial charge in [-0.2, -0.15) is 10.1 Å². The molecule has 0 aliphatic heterocycles. The Bertz CT molecular complexity index is 1170. The molecule has 2 aromatic heterocycles. The number of anilines is 1. The SMILES string of the molecule is O=S(Nc1n[nH]c2nc(Oc3ccc(F)cc3F)ncc12)OCc1ccccc1. The van der Waals surface area contributed by atoms with Crippen LogP contribution in [0.1, 0.15) is 5.56 Å². The molecule has 0 saturated carbocycles. The lowest BCUT2D eigenvalue weighted by atomic mass is 10.2. The van der Waals surface area contributed by atoms with E-state index in [9.17, 15) is 13.0 Å². The van der Waals surface area contributed by atoms with E-state index < -0.39 is 22.9 Å². The maximum atomic E-state index is 13.7. The number of ether oxygens (including phenoxy) is 1. The van der Waals surface area contributed by atoms with Crippen molar-refractivity contribution in [2.24, 2.45) is 0 Å². The Morgan fingerprint density at radius 1 is 1.14 bits per heavy atom. The molecule has 8 nitrogen and oxygen atoms in total. The third-order valence-corrected chi connectivity index (χ3v) is 4.44. The zero-order valence-corrected chi connectivity index (χ0v) is 15.5. The molecular weight excluding hydrogens is 404 g/mol. The van der Waals surface area contributed by atoms with Crippen LogP contribution in [-0.2, 0) is 22.1 Å². The third-order valence-electron chi connectivity index (χ3n) is 3.75. The van der Waals surface area contributed by atoms with Crippen LogP contribution in [0.25, 0.3) is 11.0 Å². The second-order valence-electron chi connectivity index (χ2n) is 5.75. The first-order valence-electron chi connectivity index (χ1n) is 8.28. The number of halogens is 2. The summed E-state index contributed by atoms with van der Waals surface area (Å²) in [6.07, 6.45) is 1.36.